The number of esters is 1. The van der Waals surface area contributed by atoms with Crippen LogP contribution in [0.15, 0.2) is 18.2 Å². The predicted molar refractivity (Wildman–Crippen MR) is 109 cm³/mol. The molecule has 6 nitrogen and oxygen atoms in total. The highest BCUT2D eigenvalue weighted by Crippen LogP contribution is 2.59. The average Bonchev–Trinajstić information content (AvgIpc) is 2.70. The lowest BCUT2D eigenvalue weighted by Gasteiger charge is -2.57. The normalized spacial score (nSPS) is 30.8. The summed E-state index contributed by atoms with van der Waals surface area (Å²) in [6, 6.07) is 4.88. The minimum Gasteiger partial charge on any atom is -0.493 e. The quantitative estimate of drug-likeness (QED) is 0.617. The van der Waals surface area contributed by atoms with Gasteiger partial charge in [0.15, 0.2) is 11.5 Å². The molecule has 1 aromatic rings. The summed E-state index contributed by atoms with van der Waals surface area (Å²) in [7, 11) is 2.86. The van der Waals surface area contributed by atoms with Gasteiger partial charge in [-0.05, 0) is 79.9 Å². The Morgan fingerprint density at radius 2 is 1.79 bits per heavy atom. The highest BCUT2D eigenvalue weighted by atomic mass is 16.5. The molecule has 6 heteroatoms. The van der Waals surface area contributed by atoms with Crippen LogP contribution >= 0.6 is 0 Å². The second kappa shape index (κ2) is 8.52. The fourth-order valence-electron chi connectivity index (χ4n) is 6.29. The molecule has 0 spiro atoms. The molecule has 4 aliphatic rings. The van der Waals surface area contributed by atoms with Gasteiger partial charge >= 0.3 is 5.97 Å². The Kier molecular flexibility index (Phi) is 6.02. The maximum absolute atomic E-state index is 11.6. The molecular weight excluding hydrogens is 370 g/mol. The van der Waals surface area contributed by atoms with Gasteiger partial charge in [-0.3, -0.25) is 0 Å². The second-order valence-corrected chi connectivity index (χ2v) is 9.37. The van der Waals surface area contributed by atoms with E-state index in [4.69, 9.17) is 14.2 Å². The number of hydrogen-bond donors (Lipinski definition) is 2. The predicted octanol–water partition coefficient (Wildman–Crippen LogP) is 3.03. The van der Waals surface area contributed by atoms with Gasteiger partial charge in [-0.15, -0.1) is 0 Å². The van der Waals surface area contributed by atoms with Crippen LogP contribution in [0.1, 0.15) is 48.9 Å². The van der Waals surface area contributed by atoms with Gasteiger partial charge in [0, 0.05) is 13.1 Å². The summed E-state index contributed by atoms with van der Waals surface area (Å²) in [5, 5.41) is 13.9. The van der Waals surface area contributed by atoms with Crippen LogP contribution in [0.2, 0.25) is 0 Å². The Hall–Kier alpha value is -1.79. The summed E-state index contributed by atoms with van der Waals surface area (Å²) >= 11 is 0. The van der Waals surface area contributed by atoms with Crippen LogP contribution < -0.4 is 14.8 Å². The van der Waals surface area contributed by atoms with E-state index >= 15 is 0 Å². The molecule has 0 unspecified atom stereocenters. The highest BCUT2D eigenvalue weighted by Gasteiger charge is 2.50. The van der Waals surface area contributed by atoms with E-state index in [1.54, 1.807) is 18.2 Å². The number of nitrogens with one attached hydrogen (secondary N) is 1. The van der Waals surface area contributed by atoms with Crippen LogP contribution in [0.25, 0.3) is 0 Å². The number of benzene rings is 1. The molecule has 0 aliphatic heterocycles. The first-order valence-electron chi connectivity index (χ1n) is 10.8. The molecule has 0 heterocycles. The van der Waals surface area contributed by atoms with E-state index in [1.807, 2.05) is 0 Å². The minimum absolute atomic E-state index is 0.168. The van der Waals surface area contributed by atoms with Crippen molar-refractivity contribution in [3.05, 3.63) is 23.8 Å². The molecule has 4 bridgehead atoms. The van der Waals surface area contributed by atoms with Gasteiger partial charge in [0.25, 0.3) is 0 Å². The second-order valence-electron chi connectivity index (χ2n) is 9.37. The van der Waals surface area contributed by atoms with Crippen molar-refractivity contribution in [3.8, 4) is 11.5 Å². The molecule has 0 amide bonds. The highest BCUT2D eigenvalue weighted by molar-refractivity contribution is 5.90. The first-order valence-corrected chi connectivity index (χ1v) is 10.8. The minimum atomic E-state index is -0.603. The zero-order chi connectivity index (χ0) is 20.4. The topological polar surface area (TPSA) is 77.0 Å². The van der Waals surface area contributed by atoms with Gasteiger partial charge in [-0.1, -0.05) is 0 Å². The Bertz CT molecular complexity index is 699. The van der Waals surface area contributed by atoms with E-state index in [9.17, 15) is 9.90 Å². The Balaban J connectivity index is 1.24. The van der Waals surface area contributed by atoms with Crippen molar-refractivity contribution in [1.29, 1.82) is 0 Å². The van der Waals surface area contributed by atoms with Crippen molar-refractivity contribution in [1.82, 2.24) is 5.32 Å². The number of carbonyl (C=O) groups excluding carboxylic acids is 1. The molecule has 1 atom stereocenters. The third kappa shape index (κ3) is 4.53. The van der Waals surface area contributed by atoms with E-state index in [2.05, 4.69) is 5.32 Å². The molecule has 160 valence electrons. The van der Waals surface area contributed by atoms with Crippen LogP contribution in [-0.4, -0.2) is 51.1 Å². The Morgan fingerprint density at radius 1 is 1.14 bits per heavy atom. The molecule has 0 aromatic heterocycles. The summed E-state index contributed by atoms with van der Waals surface area (Å²) in [5.41, 5.74) is 0.858. The van der Waals surface area contributed by atoms with Crippen LogP contribution in [0.5, 0.6) is 11.5 Å². The van der Waals surface area contributed by atoms with Crippen LogP contribution in [0.3, 0.4) is 0 Å². The fourth-order valence-corrected chi connectivity index (χ4v) is 6.29. The summed E-state index contributed by atoms with van der Waals surface area (Å²) < 4.78 is 15.8. The molecule has 4 saturated carbocycles. The standard InChI is InChI=1S/C23H33NO5/c1-27-21-8-18(22(26)28-2)3-4-20(21)29-13-19(25)12-24-14-23-9-15-5-16(10-23)7-17(6-15)11-23/h3-4,8,15-17,19,24-25H,5-7,9-14H2,1-2H3/t15?,16?,17?,19-,23?/m1/s1. The zero-order valence-corrected chi connectivity index (χ0v) is 17.5. The van der Waals surface area contributed by atoms with Crippen LogP contribution in [0.4, 0.5) is 0 Å². The number of carbonyl (C=O) groups is 1. The lowest BCUT2D eigenvalue weighted by molar-refractivity contribution is -0.0524. The van der Waals surface area contributed by atoms with Gasteiger partial charge in [0.1, 0.15) is 12.7 Å². The van der Waals surface area contributed by atoms with Gasteiger partial charge in [-0.2, -0.15) is 0 Å². The molecule has 4 aliphatic carbocycles. The number of aliphatic hydroxyl groups excluding tert-OH is 1. The van der Waals surface area contributed by atoms with Crippen LogP contribution in [0, 0.1) is 23.2 Å². The number of rotatable bonds is 9. The van der Waals surface area contributed by atoms with E-state index < -0.39 is 12.1 Å². The SMILES string of the molecule is COC(=O)c1ccc(OC[C@H](O)CNCC23CC4CC(CC(C4)C2)C3)c(OC)c1. The molecule has 2 N–H and O–H groups in total. The zero-order valence-electron chi connectivity index (χ0n) is 17.5. The molecular formula is C23H33NO5. The van der Waals surface area contributed by atoms with Crippen LogP contribution in [-0.2, 0) is 4.74 Å². The van der Waals surface area contributed by atoms with Gasteiger partial charge in [-0.25, -0.2) is 4.79 Å². The van der Waals surface area contributed by atoms with E-state index in [-0.39, 0.29) is 6.61 Å². The maximum atomic E-state index is 11.6. The van der Waals surface area contributed by atoms with Crippen molar-refractivity contribution in [2.24, 2.45) is 23.2 Å². The van der Waals surface area contributed by atoms with E-state index in [0.29, 0.717) is 29.0 Å². The fraction of sp³-hybridized carbons (Fsp3) is 0.696. The number of ether oxygens (including phenoxy) is 3. The first-order chi connectivity index (χ1) is 14.0. The summed E-state index contributed by atoms with van der Waals surface area (Å²) in [6.07, 6.45) is 7.84. The molecule has 4 fully saturated rings. The Labute approximate surface area is 172 Å². The smallest absolute Gasteiger partial charge is 0.337 e. The molecule has 5 rings (SSSR count). The number of aliphatic hydroxyl groups is 1. The number of methoxy groups -OCH3 is 2. The lowest BCUT2D eigenvalue weighted by Crippen LogP contribution is -2.51. The maximum Gasteiger partial charge on any atom is 0.337 e. The summed E-state index contributed by atoms with van der Waals surface area (Å²) in [5.74, 6) is 3.34. The van der Waals surface area contributed by atoms with Gasteiger partial charge < -0.3 is 24.6 Å². The average molecular weight is 404 g/mol. The van der Waals surface area contributed by atoms with Crippen molar-refractivity contribution < 1.29 is 24.1 Å². The van der Waals surface area contributed by atoms with E-state index in [0.717, 1.165) is 24.3 Å². The molecule has 1 aromatic carbocycles. The molecule has 0 radical (unpaired) electrons. The summed E-state index contributed by atoms with van der Waals surface area (Å²) in [4.78, 5) is 11.6. The van der Waals surface area contributed by atoms with E-state index in [1.165, 1.54) is 52.7 Å². The number of hydrogen-bond acceptors (Lipinski definition) is 6. The third-order valence-electron chi connectivity index (χ3n) is 7.06. The molecule has 0 saturated heterocycles. The summed E-state index contributed by atoms with van der Waals surface area (Å²) in [6.45, 7) is 1.69. The monoisotopic (exact) mass is 403 g/mol. The van der Waals surface area contributed by atoms with Crippen molar-refractivity contribution in [3.63, 3.8) is 0 Å². The lowest BCUT2D eigenvalue weighted by atomic mass is 9.49. The largest absolute Gasteiger partial charge is 0.493 e. The molecule has 29 heavy (non-hydrogen) atoms. The first kappa shape index (κ1) is 20.5. The van der Waals surface area contributed by atoms with Crippen molar-refractivity contribution in [2.45, 2.75) is 44.6 Å². The Morgan fingerprint density at radius 3 is 2.38 bits per heavy atom. The third-order valence-corrected chi connectivity index (χ3v) is 7.06. The van der Waals surface area contributed by atoms with Gasteiger partial charge in [0.05, 0.1) is 19.8 Å². The van der Waals surface area contributed by atoms with Crippen molar-refractivity contribution in [2.75, 3.05) is 33.9 Å². The van der Waals surface area contributed by atoms with Gasteiger partial charge in [0.2, 0.25) is 0 Å². The van der Waals surface area contributed by atoms with Crippen molar-refractivity contribution >= 4 is 5.97 Å².